The smallest absolute Gasteiger partial charge is 0.0640 e. The molecule has 44 heavy (non-hydrogen) atoms. The lowest BCUT2D eigenvalue weighted by Gasteiger charge is -2.26. The van der Waals surface area contributed by atoms with E-state index in [1.807, 2.05) is 11.3 Å². The number of benzene rings is 7. The van der Waals surface area contributed by atoms with E-state index < -0.39 is 0 Å². The Bertz CT molecular complexity index is 2100. The summed E-state index contributed by atoms with van der Waals surface area (Å²) < 4.78 is 2.58. The molecule has 0 saturated carbocycles. The van der Waals surface area contributed by atoms with Crippen molar-refractivity contribution in [3.63, 3.8) is 0 Å². The zero-order valence-electron chi connectivity index (χ0n) is 24.1. The molecule has 0 fully saturated rings. The van der Waals surface area contributed by atoms with Crippen LogP contribution in [0, 0.1) is 0 Å². The van der Waals surface area contributed by atoms with E-state index in [-0.39, 0.29) is 0 Å². The molecule has 1 aromatic heterocycles. The van der Waals surface area contributed by atoms with Crippen molar-refractivity contribution in [3.8, 4) is 33.4 Å². The molecular weight excluding hydrogens is 551 g/mol. The monoisotopic (exact) mass is 579 g/mol. The van der Waals surface area contributed by atoms with E-state index in [2.05, 4.69) is 181 Å². The topological polar surface area (TPSA) is 3.24 Å². The Morgan fingerprint density at radius 2 is 0.795 bits per heavy atom. The minimum absolute atomic E-state index is 1.13. The van der Waals surface area contributed by atoms with Crippen molar-refractivity contribution in [2.45, 2.75) is 0 Å². The second-order valence-corrected chi connectivity index (χ2v) is 12.0. The Labute approximate surface area is 261 Å². The second-order valence-electron chi connectivity index (χ2n) is 11.0. The maximum Gasteiger partial charge on any atom is 0.0640 e. The molecule has 0 radical (unpaired) electrons. The van der Waals surface area contributed by atoms with Gasteiger partial charge in [0.1, 0.15) is 0 Å². The SMILES string of the molecule is c1ccc(-c2ccc(N(c3ccc(-c4ccccc4)cc3)c3cccc4c3sc3ccc(-c5ccccc5)cc34)cc2)cc1. The molecule has 0 amide bonds. The van der Waals surface area contributed by atoms with E-state index in [1.54, 1.807) is 0 Å². The predicted octanol–water partition coefficient (Wildman–Crippen LogP) is 12.5. The van der Waals surface area contributed by atoms with E-state index in [0.717, 1.165) is 11.4 Å². The lowest BCUT2D eigenvalue weighted by Crippen LogP contribution is -2.10. The van der Waals surface area contributed by atoms with Crippen LogP contribution in [0.4, 0.5) is 17.1 Å². The average molecular weight is 580 g/mol. The summed E-state index contributed by atoms with van der Waals surface area (Å²) in [6.07, 6.45) is 0. The van der Waals surface area contributed by atoms with Gasteiger partial charge in [0.25, 0.3) is 0 Å². The first-order valence-electron chi connectivity index (χ1n) is 14.9. The first-order valence-corrected chi connectivity index (χ1v) is 15.8. The number of rotatable bonds is 6. The van der Waals surface area contributed by atoms with Gasteiger partial charge in [-0.2, -0.15) is 0 Å². The summed E-state index contributed by atoms with van der Waals surface area (Å²) in [7, 11) is 0. The van der Waals surface area contributed by atoms with Crippen molar-refractivity contribution < 1.29 is 0 Å². The second kappa shape index (κ2) is 11.3. The molecule has 208 valence electrons. The van der Waals surface area contributed by atoms with Crippen molar-refractivity contribution in [2.75, 3.05) is 4.90 Å². The van der Waals surface area contributed by atoms with Crippen molar-refractivity contribution in [1.29, 1.82) is 0 Å². The molecule has 0 aliphatic rings. The third-order valence-corrected chi connectivity index (χ3v) is 9.50. The molecule has 0 N–H and O–H groups in total. The van der Waals surface area contributed by atoms with Gasteiger partial charge in [0.05, 0.1) is 10.4 Å². The predicted molar refractivity (Wildman–Crippen MR) is 190 cm³/mol. The third kappa shape index (κ3) is 4.86. The summed E-state index contributed by atoms with van der Waals surface area (Å²) in [6.45, 7) is 0. The first-order chi connectivity index (χ1) is 21.8. The van der Waals surface area contributed by atoms with Crippen molar-refractivity contribution >= 4 is 48.6 Å². The number of nitrogens with zero attached hydrogens (tertiary/aromatic N) is 1. The maximum atomic E-state index is 2.40. The van der Waals surface area contributed by atoms with Crippen LogP contribution in [0.5, 0.6) is 0 Å². The average Bonchev–Trinajstić information content (AvgIpc) is 3.49. The zero-order chi connectivity index (χ0) is 29.3. The first kappa shape index (κ1) is 26.2. The van der Waals surface area contributed by atoms with Crippen LogP contribution in [-0.4, -0.2) is 0 Å². The van der Waals surface area contributed by atoms with Gasteiger partial charge in [-0.1, -0.05) is 133 Å². The maximum absolute atomic E-state index is 2.40. The number of thiophene rings is 1. The fourth-order valence-corrected chi connectivity index (χ4v) is 7.25. The molecule has 0 unspecified atom stereocenters. The van der Waals surface area contributed by atoms with Gasteiger partial charge in [-0.3, -0.25) is 0 Å². The van der Waals surface area contributed by atoms with Crippen LogP contribution < -0.4 is 4.90 Å². The van der Waals surface area contributed by atoms with E-state index in [0.29, 0.717) is 0 Å². The van der Waals surface area contributed by atoms with Gasteiger partial charge >= 0.3 is 0 Å². The van der Waals surface area contributed by atoms with Crippen LogP contribution in [0.1, 0.15) is 0 Å². The molecule has 0 aliphatic heterocycles. The van der Waals surface area contributed by atoms with E-state index >= 15 is 0 Å². The Hall–Kier alpha value is -5.44. The van der Waals surface area contributed by atoms with Crippen molar-refractivity contribution in [1.82, 2.24) is 0 Å². The molecule has 0 saturated heterocycles. The quantitative estimate of drug-likeness (QED) is 0.189. The van der Waals surface area contributed by atoms with Crippen LogP contribution in [0.15, 0.2) is 176 Å². The molecule has 1 heterocycles. The van der Waals surface area contributed by atoms with Crippen LogP contribution in [-0.2, 0) is 0 Å². The summed E-state index contributed by atoms with van der Waals surface area (Å²) in [5.74, 6) is 0. The van der Waals surface area contributed by atoms with Crippen LogP contribution in [0.3, 0.4) is 0 Å². The highest BCUT2D eigenvalue weighted by Crippen LogP contribution is 2.45. The summed E-state index contributed by atoms with van der Waals surface area (Å²) in [5, 5.41) is 2.58. The Balaban J connectivity index is 1.28. The van der Waals surface area contributed by atoms with Gasteiger partial charge in [-0.15, -0.1) is 11.3 Å². The minimum atomic E-state index is 1.13. The highest BCUT2D eigenvalue weighted by atomic mass is 32.1. The standard InChI is InChI=1S/C42H29NS/c1-4-11-30(12-5-1)33-19-24-36(25-20-33)43(37-26-21-34(22-27-37)31-13-6-2-7-14-31)40-18-10-17-38-39-29-35(32-15-8-3-9-16-32)23-28-41(39)44-42(38)40/h1-29H. The molecule has 8 rings (SSSR count). The highest BCUT2D eigenvalue weighted by molar-refractivity contribution is 7.26. The van der Waals surface area contributed by atoms with Crippen molar-refractivity contribution in [3.05, 3.63) is 176 Å². The highest BCUT2D eigenvalue weighted by Gasteiger charge is 2.18. The van der Waals surface area contributed by atoms with E-state index in [9.17, 15) is 0 Å². The van der Waals surface area contributed by atoms with Gasteiger partial charge in [-0.05, 0) is 75.8 Å². The van der Waals surface area contributed by atoms with Gasteiger partial charge in [0.15, 0.2) is 0 Å². The molecule has 1 nitrogen and oxygen atoms in total. The fourth-order valence-electron chi connectivity index (χ4n) is 6.06. The minimum Gasteiger partial charge on any atom is -0.309 e. The third-order valence-electron chi connectivity index (χ3n) is 8.29. The summed E-state index contributed by atoms with van der Waals surface area (Å²) in [4.78, 5) is 2.40. The van der Waals surface area contributed by atoms with Crippen LogP contribution >= 0.6 is 11.3 Å². The Morgan fingerprint density at radius 1 is 0.341 bits per heavy atom. The fraction of sp³-hybridized carbons (Fsp3) is 0. The number of hydrogen-bond acceptors (Lipinski definition) is 2. The lowest BCUT2D eigenvalue weighted by molar-refractivity contribution is 1.30. The van der Waals surface area contributed by atoms with Gasteiger partial charge in [0, 0.05) is 26.8 Å². The summed E-state index contributed by atoms with van der Waals surface area (Å²) >= 11 is 1.87. The molecule has 0 aliphatic carbocycles. The Kier molecular flexibility index (Phi) is 6.75. The summed E-state index contributed by atoms with van der Waals surface area (Å²) in [6, 6.07) is 63.3. The van der Waals surface area contributed by atoms with Crippen LogP contribution in [0.2, 0.25) is 0 Å². The van der Waals surface area contributed by atoms with Gasteiger partial charge in [0.2, 0.25) is 0 Å². The molecule has 2 heteroatoms. The summed E-state index contributed by atoms with van der Waals surface area (Å²) in [5.41, 5.74) is 10.8. The molecule has 8 aromatic rings. The van der Waals surface area contributed by atoms with E-state index in [1.165, 1.54) is 59.2 Å². The normalized spacial score (nSPS) is 11.2. The molecule has 0 atom stereocenters. The molecule has 0 bridgehead atoms. The molecule has 0 spiro atoms. The number of fused-ring (bicyclic) bond motifs is 3. The molecular formula is C42H29NS. The lowest BCUT2D eigenvalue weighted by atomic mass is 10.0. The Morgan fingerprint density at radius 3 is 1.32 bits per heavy atom. The van der Waals surface area contributed by atoms with Crippen molar-refractivity contribution in [2.24, 2.45) is 0 Å². The van der Waals surface area contributed by atoms with Crippen LogP contribution in [0.25, 0.3) is 53.6 Å². The largest absolute Gasteiger partial charge is 0.309 e. The van der Waals surface area contributed by atoms with Gasteiger partial charge in [-0.25, -0.2) is 0 Å². The molecule has 7 aromatic carbocycles. The number of anilines is 3. The number of hydrogen-bond donors (Lipinski definition) is 0. The zero-order valence-corrected chi connectivity index (χ0v) is 24.9. The van der Waals surface area contributed by atoms with Gasteiger partial charge < -0.3 is 4.90 Å². The van der Waals surface area contributed by atoms with E-state index in [4.69, 9.17) is 0 Å².